The second-order valence-corrected chi connectivity index (χ2v) is 9.61. The van der Waals surface area contributed by atoms with Gasteiger partial charge in [-0.2, -0.15) is 4.31 Å². The summed E-state index contributed by atoms with van der Waals surface area (Å²) in [5.41, 5.74) is 3.22. The molecule has 2 heterocycles. The highest BCUT2D eigenvalue weighted by molar-refractivity contribution is 7.89. The summed E-state index contributed by atoms with van der Waals surface area (Å²) in [4.78, 5) is 0.414. The summed E-state index contributed by atoms with van der Waals surface area (Å²) < 4.78 is 33.6. The van der Waals surface area contributed by atoms with Crippen LogP contribution in [0.1, 0.15) is 74.1 Å². The Morgan fingerprint density at radius 2 is 1.88 bits per heavy atom. The van der Waals surface area contributed by atoms with Crippen molar-refractivity contribution in [3.63, 3.8) is 0 Å². The first-order chi connectivity index (χ1) is 12.5. The van der Waals surface area contributed by atoms with E-state index in [-0.39, 0.29) is 12.0 Å². The van der Waals surface area contributed by atoms with Gasteiger partial charge >= 0.3 is 0 Å². The van der Waals surface area contributed by atoms with Gasteiger partial charge in [0, 0.05) is 18.5 Å². The lowest BCUT2D eigenvalue weighted by molar-refractivity contribution is 0.338. The quantitative estimate of drug-likeness (QED) is 0.804. The zero-order chi connectivity index (χ0) is 18.3. The van der Waals surface area contributed by atoms with Crippen molar-refractivity contribution in [2.75, 3.05) is 6.54 Å². The summed E-state index contributed by atoms with van der Waals surface area (Å²) >= 11 is 0. The van der Waals surface area contributed by atoms with Crippen LogP contribution in [0.15, 0.2) is 33.7 Å². The van der Waals surface area contributed by atoms with E-state index in [2.05, 4.69) is 5.16 Å². The van der Waals surface area contributed by atoms with Crippen LogP contribution in [0.25, 0.3) is 0 Å². The Kier molecular flexibility index (Phi) is 4.65. The number of aromatic nitrogens is 1. The van der Waals surface area contributed by atoms with Crippen molar-refractivity contribution in [2.45, 2.75) is 69.2 Å². The monoisotopic (exact) mass is 374 g/mol. The molecule has 5 nitrogen and oxygen atoms in total. The molecule has 0 unspecified atom stereocenters. The lowest BCUT2D eigenvalue weighted by Gasteiger charge is -2.24. The lowest BCUT2D eigenvalue weighted by atomic mass is 9.92. The Labute approximate surface area is 155 Å². The van der Waals surface area contributed by atoms with E-state index in [1.165, 1.54) is 17.5 Å². The topological polar surface area (TPSA) is 63.4 Å². The molecule has 0 saturated carbocycles. The summed E-state index contributed by atoms with van der Waals surface area (Å²) in [7, 11) is -3.53. The standard InChI is InChI=1S/C20H26N2O3S/c1-14(2)20-13-18(21-25-20)19-8-5-11-22(19)26(23,24)17-10-9-15-6-3-4-7-16(15)12-17/h9-10,12-14,19H,3-8,11H2,1-2H3/t19-/m0/s1. The fourth-order valence-electron chi connectivity index (χ4n) is 4.06. The maximum Gasteiger partial charge on any atom is 0.243 e. The normalized spacial score (nSPS) is 21.3. The molecule has 1 aliphatic heterocycles. The molecule has 6 heteroatoms. The minimum atomic E-state index is -3.53. The van der Waals surface area contributed by atoms with Crippen LogP contribution in [-0.2, 0) is 22.9 Å². The van der Waals surface area contributed by atoms with Gasteiger partial charge in [0.15, 0.2) is 0 Å². The highest BCUT2D eigenvalue weighted by atomic mass is 32.2. The SMILES string of the molecule is CC(C)c1cc([C@@H]2CCCN2S(=O)(=O)c2ccc3c(c2)CCCC3)no1. The smallest absolute Gasteiger partial charge is 0.243 e. The van der Waals surface area contributed by atoms with Gasteiger partial charge in [0.2, 0.25) is 10.0 Å². The van der Waals surface area contributed by atoms with Crippen LogP contribution >= 0.6 is 0 Å². The molecule has 1 aliphatic carbocycles. The number of fused-ring (bicyclic) bond motifs is 1. The maximum absolute atomic E-state index is 13.3. The molecule has 0 spiro atoms. The third kappa shape index (κ3) is 3.09. The molecule has 0 N–H and O–H groups in total. The molecule has 4 rings (SSSR count). The largest absolute Gasteiger partial charge is 0.361 e. The second-order valence-electron chi connectivity index (χ2n) is 7.72. The molecule has 2 aromatic rings. The minimum absolute atomic E-state index is 0.229. The fourth-order valence-corrected chi connectivity index (χ4v) is 5.78. The van der Waals surface area contributed by atoms with E-state index in [1.54, 1.807) is 10.4 Å². The van der Waals surface area contributed by atoms with Crippen LogP contribution in [0.2, 0.25) is 0 Å². The number of hydrogen-bond donors (Lipinski definition) is 0. The van der Waals surface area contributed by atoms with Gasteiger partial charge in [-0.25, -0.2) is 8.42 Å². The molecule has 0 amide bonds. The summed E-state index contributed by atoms with van der Waals surface area (Å²) in [5.74, 6) is 1.04. The van der Waals surface area contributed by atoms with E-state index in [0.29, 0.717) is 11.4 Å². The third-order valence-electron chi connectivity index (χ3n) is 5.59. The zero-order valence-corrected chi connectivity index (χ0v) is 16.3. The van der Waals surface area contributed by atoms with Gasteiger partial charge in [-0.1, -0.05) is 25.1 Å². The average molecular weight is 375 g/mol. The number of hydrogen-bond acceptors (Lipinski definition) is 4. The highest BCUT2D eigenvalue weighted by Crippen LogP contribution is 2.37. The molecule has 2 aliphatic rings. The summed E-state index contributed by atoms with van der Waals surface area (Å²) in [5, 5.41) is 4.17. The van der Waals surface area contributed by atoms with E-state index in [0.717, 1.165) is 43.6 Å². The molecular weight excluding hydrogens is 348 g/mol. The van der Waals surface area contributed by atoms with Crippen LogP contribution < -0.4 is 0 Å². The zero-order valence-electron chi connectivity index (χ0n) is 15.4. The van der Waals surface area contributed by atoms with E-state index < -0.39 is 10.0 Å². The first-order valence-corrected chi connectivity index (χ1v) is 11.0. The van der Waals surface area contributed by atoms with Crippen LogP contribution in [0.4, 0.5) is 0 Å². The Balaban J connectivity index is 1.65. The van der Waals surface area contributed by atoms with Crippen LogP contribution in [0.5, 0.6) is 0 Å². The Morgan fingerprint density at radius 3 is 2.62 bits per heavy atom. The average Bonchev–Trinajstić information content (AvgIpc) is 3.30. The molecule has 1 aromatic carbocycles. The molecule has 1 fully saturated rings. The number of nitrogens with zero attached hydrogens (tertiary/aromatic N) is 2. The Hall–Kier alpha value is -1.66. The van der Waals surface area contributed by atoms with Crippen molar-refractivity contribution in [3.05, 3.63) is 46.8 Å². The fraction of sp³-hybridized carbons (Fsp3) is 0.550. The molecule has 26 heavy (non-hydrogen) atoms. The number of sulfonamides is 1. The maximum atomic E-state index is 13.3. The van der Waals surface area contributed by atoms with Gasteiger partial charge in [0.1, 0.15) is 11.5 Å². The predicted octanol–water partition coefficient (Wildman–Crippen LogP) is 4.20. The second kappa shape index (κ2) is 6.82. The predicted molar refractivity (Wildman–Crippen MR) is 99.5 cm³/mol. The van der Waals surface area contributed by atoms with Gasteiger partial charge in [-0.15, -0.1) is 0 Å². The number of aryl methyl sites for hydroxylation is 2. The van der Waals surface area contributed by atoms with Crippen molar-refractivity contribution < 1.29 is 12.9 Å². The first-order valence-electron chi connectivity index (χ1n) is 9.57. The van der Waals surface area contributed by atoms with E-state index in [9.17, 15) is 8.42 Å². The van der Waals surface area contributed by atoms with Gasteiger partial charge in [0.05, 0.1) is 10.9 Å². The molecule has 0 radical (unpaired) electrons. The Morgan fingerprint density at radius 1 is 1.12 bits per heavy atom. The minimum Gasteiger partial charge on any atom is -0.361 e. The van der Waals surface area contributed by atoms with Gasteiger partial charge < -0.3 is 4.52 Å². The molecule has 0 bridgehead atoms. The number of rotatable bonds is 4. The van der Waals surface area contributed by atoms with Gasteiger partial charge in [-0.3, -0.25) is 0 Å². The van der Waals surface area contributed by atoms with Gasteiger partial charge in [-0.05, 0) is 61.8 Å². The summed E-state index contributed by atoms with van der Waals surface area (Å²) in [6, 6.07) is 7.35. The molecule has 1 aromatic heterocycles. The lowest BCUT2D eigenvalue weighted by Crippen LogP contribution is -2.31. The number of benzene rings is 1. The van der Waals surface area contributed by atoms with E-state index in [4.69, 9.17) is 4.52 Å². The van der Waals surface area contributed by atoms with Crippen LogP contribution in [0.3, 0.4) is 0 Å². The molecule has 1 atom stereocenters. The first kappa shape index (κ1) is 17.7. The van der Waals surface area contributed by atoms with Crippen LogP contribution in [-0.4, -0.2) is 24.4 Å². The van der Waals surface area contributed by atoms with E-state index in [1.807, 2.05) is 32.0 Å². The summed E-state index contributed by atoms with van der Waals surface area (Å²) in [6.45, 7) is 4.62. The van der Waals surface area contributed by atoms with E-state index >= 15 is 0 Å². The highest BCUT2D eigenvalue weighted by Gasteiger charge is 2.38. The Bertz CT molecular complexity index is 902. The molecular formula is C20H26N2O3S. The van der Waals surface area contributed by atoms with Crippen molar-refractivity contribution in [1.82, 2.24) is 9.46 Å². The van der Waals surface area contributed by atoms with Gasteiger partial charge in [0.25, 0.3) is 0 Å². The van der Waals surface area contributed by atoms with Crippen LogP contribution in [0, 0.1) is 0 Å². The van der Waals surface area contributed by atoms with Crippen molar-refractivity contribution in [2.24, 2.45) is 0 Å². The van der Waals surface area contributed by atoms with Crippen molar-refractivity contribution >= 4 is 10.0 Å². The van der Waals surface area contributed by atoms with Crippen molar-refractivity contribution in [1.29, 1.82) is 0 Å². The molecule has 140 valence electrons. The summed E-state index contributed by atoms with van der Waals surface area (Å²) in [6.07, 6.45) is 5.99. The molecule has 1 saturated heterocycles. The third-order valence-corrected chi connectivity index (χ3v) is 7.49. The van der Waals surface area contributed by atoms with Crippen molar-refractivity contribution in [3.8, 4) is 0 Å².